The fourth-order valence-corrected chi connectivity index (χ4v) is 3.50. The van der Waals surface area contributed by atoms with Gasteiger partial charge in [0.15, 0.2) is 0 Å². The first kappa shape index (κ1) is 25.5. The van der Waals surface area contributed by atoms with Crippen LogP contribution in [0.4, 0.5) is 0 Å². The van der Waals surface area contributed by atoms with Crippen molar-refractivity contribution < 1.29 is 16.5 Å². The minimum Gasteiger partial charge on any atom is -0.255 e. The van der Waals surface area contributed by atoms with E-state index in [1.165, 1.54) is 0 Å². The van der Waals surface area contributed by atoms with Crippen molar-refractivity contribution in [2.24, 2.45) is 0 Å². The Morgan fingerprint density at radius 1 is 0.270 bits per heavy atom. The van der Waals surface area contributed by atoms with Crippen molar-refractivity contribution in [2.45, 2.75) is 0 Å². The van der Waals surface area contributed by atoms with E-state index >= 15 is 0 Å². The Morgan fingerprint density at radius 3 is 0.730 bits per heavy atom. The summed E-state index contributed by atoms with van der Waals surface area (Å²) in [6.07, 6.45) is 7.07. The number of pyridine rings is 6. The number of nitrogens with zero attached hydrogens (tertiary/aromatic N) is 6. The molecule has 0 unspecified atom stereocenters. The Hall–Kier alpha value is -4.61. The van der Waals surface area contributed by atoms with Gasteiger partial charge in [-0.1, -0.05) is 36.4 Å². The van der Waals surface area contributed by atoms with Crippen LogP contribution in [0.25, 0.3) is 45.6 Å². The summed E-state index contributed by atoms with van der Waals surface area (Å²) in [4.78, 5) is 26.4. The fraction of sp³-hybridized carbons (Fsp3) is 0. The molecule has 0 aromatic carbocycles. The van der Waals surface area contributed by atoms with E-state index in [-0.39, 0.29) is 16.5 Å². The van der Waals surface area contributed by atoms with E-state index in [9.17, 15) is 0 Å². The van der Waals surface area contributed by atoms with Gasteiger partial charge in [-0.2, -0.15) is 0 Å². The summed E-state index contributed by atoms with van der Waals surface area (Å²) in [5.74, 6) is 0. The van der Waals surface area contributed by atoms with E-state index in [0.29, 0.717) is 0 Å². The van der Waals surface area contributed by atoms with Gasteiger partial charge in [-0.15, -0.1) is 0 Å². The molecule has 6 aromatic heterocycles. The third-order valence-electron chi connectivity index (χ3n) is 5.21. The Kier molecular flexibility index (Phi) is 8.89. The minimum absolute atomic E-state index is 0. The van der Waals surface area contributed by atoms with Crippen LogP contribution in [0.15, 0.2) is 134 Å². The second kappa shape index (κ2) is 12.9. The summed E-state index contributed by atoms with van der Waals surface area (Å²) >= 11 is 0. The molecule has 6 nitrogen and oxygen atoms in total. The fourth-order valence-electron chi connectivity index (χ4n) is 3.50. The maximum Gasteiger partial charge on any atom is 2.00 e. The van der Waals surface area contributed by atoms with Crippen LogP contribution in [-0.4, -0.2) is 29.9 Å². The molecule has 0 spiro atoms. The van der Waals surface area contributed by atoms with E-state index in [1.807, 2.05) is 109 Å². The van der Waals surface area contributed by atoms with E-state index < -0.39 is 0 Å². The predicted octanol–water partition coefficient (Wildman–Crippen LogP) is 6.41. The first-order valence-electron chi connectivity index (χ1n) is 11.5. The van der Waals surface area contributed by atoms with Gasteiger partial charge in [0.1, 0.15) is 0 Å². The zero-order chi connectivity index (χ0) is 24.4. The molecule has 0 amide bonds. The first-order chi connectivity index (χ1) is 17.9. The zero-order valence-electron chi connectivity index (χ0n) is 19.7. The van der Waals surface area contributed by atoms with E-state index in [2.05, 4.69) is 29.9 Å². The van der Waals surface area contributed by atoms with Gasteiger partial charge in [-0.05, 0) is 72.8 Å². The Morgan fingerprint density at radius 2 is 0.514 bits per heavy atom. The maximum atomic E-state index is 4.59. The normalized spacial score (nSPS) is 9.95. The molecule has 0 radical (unpaired) electrons. The van der Waals surface area contributed by atoms with Crippen molar-refractivity contribution in [3.8, 4) is 45.6 Å². The van der Waals surface area contributed by atoms with Crippen molar-refractivity contribution in [3.63, 3.8) is 0 Å². The monoisotopic (exact) mass is 524 g/mol. The number of hydrogen-bond acceptors (Lipinski definition) is 6. The van der Waals surface area contributed by atoms with Crippen LogP contribution < -0.4 is 0 Å². The zero-order valence-corrected chi connectivity index (χ0v) is 20.7. The van der Waals surface area contributed by atoms with Gasteiger partial charge in [0.2, 0.25) is 0 Å². The molecule has 0 aliphatic rings. The topological polar surface area (TPSA) is 77.3 Å². The summed E-state index contributed by atoms with van der Waals surface area (Å²) in [5.41, 5.74) is 6.92. The first-order valence-corrected chi connectivity index (χ1v) is 11.5. The number of rotatable bonds is 4. The van der Waals surface area contributed by atoms with Gasteiger partial charge in [0, 0.05) is 24.8 Å². The van der Waals surface area contributed by atoms with Crippen molar-refractivity contribution in [1.82, 2.24) is 29.9 Å². The second-order valence-corrected chi connectivity index (χ2v) is 7.68. The van der Waals surface area contributed by atoms with Gasteiger partial charge in [0.05, 0.1) is 45.6 Å². The van der Waals surface area contributed by atoms with Gasteiger partial charge in [0.25, 0.3) is 0 Å². The number of hydrogen-bond donors (Lipinski definition) is 0. The van der Waals surface area contributed by atoms with Crippen molar-refractivity contribution >= 4 is 0 Å². The van der Waals surface area contributed by atoms with Crippen LogP contribution in [-0.2, 0) is 16.5 Å². The van der Waals surface area contributed by atoms with Gasteiger partial charge in [-0.3, -0.25) is 19.9 Å². The predicted molar refractivity (Wildman–Crippen MR) is 141 cm³/mol. The third kappa shape index (κ3) is 6.75. The largest absolute Gasteiger partial charge is 2.00 e. The standard InChI is InChI=1S/2C15H11N3.Ni/c2*1-3-10-16-12(6-1)14-8-5-9-15(18-14)13-7-2-4-11-17-13;/h2*1-11H;/q;;+2. The van der Waals surface area contributed by atoms with E-state index in [4.69, 9.17) is 0 Å². The summed E-state index contributed by atoms with van der Waals surface area (Å²) in [7, 11) is 0. The summed E-state index contributed by atoms with van der Waals surface area (Å²) < 4.78 is 0. The summed E-state index contributed by atoms with van der Waals surface area (Å²) in [6.45, 7) is 0. The molecule has 0 saturated carbocycles. The van der Waals surface area contributed by atoms with Crippen LogP contribution in [0.5, 0.6) is 0 Å². The Balaban J connectivity index is 0.000000168. The van der Waals surface area contributed by atoms with Gasteiger partial charge < -0.3 is 0 Å². The molecule has 0 N–H and O–H groups in total. The average Bonchev–Trinajstić information content (AvgIpc) is 2.99. The molecule has 6 heterocycles. The number of aromatic nitrogens is 6. The minimum atomic E-state index is 0. The van der Waals surface area contributed by atoms with Gasteiger partial charge in [-0.25, -0.2) is 9.97 Å². The third-order valence-corrected chi connectivity index (χ3v) is 5.21. The van der Waals surface area contributed by atoms with Crippen molar-refractivity contribution in [3.05, 3.63) is 134 Å². The van der Waals surface area contributed by atoms with Crippen LogP contribution >= 0.6 is 0 Å². The van der Waals surface area contributed by atoms with Crippen molar-refractivity contribution in [1.29, 1.82) is 0 Å². The van der Waals surface area contributed by atoms with Crippen LogP contribution in [0.3, 0.4) is 0 Å². The summed E-state index contributed by atoms with van der Waals surface area (Å²) in [5, 5.41) is 0. The molecule has 0 atom stereocenters. The quantitative estimate of drug-likeness (QED) is 0.248. The molecular weight excluding hydrogens is 503 g/mol. The van der Waals surface area contributed by atoms with Crippen LogP contribution in [0, 0.1) is 0 Å². The summed E-state index contributed by atoms with van der Waals surface area (Å²) in [6, 6.07) is 35.0. The molecule has 0 saturated heterocycles. The molecule has 0 aliphatic heterocycles. The average molecular weight is 525 g/mol. The van der Waals surface area contributed by atoms with Crippen LogP contribution in [0.2, 0.25) is 0 Å². The maximum absolute atomic E-state index is 4.59. The van der Waals surface area contributed by atoms with Gasteiger partial charge >= 0.3 is 16.5 Å². The molecule has 0 aliphatic carbocycles. The Bertz CT molecular complexity index is 1290. The van der Waals surface area contributed by atoms with E-state index in [0.717, 1.165) is 45.6 Å². The smallest absolute Gasteiger partial charge is 0.255 e. The SMILES string of the molecule is [Ni+2].c1ccc(-c2cccc(-c3ccccn3)n2)nc1.c1ccc(-c2cccc(-c3ccccn3)n2)nc1. The molecular formula is C30H22N6Ni+2. The molecule has 0 fully saturated rings. The van der Waals surface area contributed by atoms with Crippen molar-refractivity contribution in [2.75, 3.05) is 0 Å². The molecule has 6 aromatic rings. The molecule has 7 heteroatoms. The molecule has 180 valence electrons. The molecule has 37 heavy (non-hydrogen) atoms. The van der Waals surface area contributed by atoms with E-state index in [1.54, 1.807) is 24.8 Å². The molecule has 0 bridgehead atoms. The Labute approximate surface area is 225 Å². The second-order valence-electron chi connectivity index (χ2n) is 7.68. The van der Waals surface area contributed by atoms with Crippen LogP contribution in [0.1, 0.15) is 0 Å². The molecule has 6 rings (SSSR count).